The molecule has 0 saturated carbocycles. The first-order valence-electron chi connectivity index (χ1n) is 7.01. The Kier molecular flexibility index (Phi) is 5.47. The lowest BCUT2D eigenvalue weighted by molar-refractivity contribution is 0.0579. The summed E-state index contributed by atoms with van der Waals surface area (Å²) in [6, 6.07) is 5.94. The third-order valence-corrected chi connectivity index (χ3v) is 5.20. The zero-order valence-corrected chi connectivity index (χ0v) is 14.2. The minimum atomic E-state index is 0.0890. The highest BCUT2D eigenvalue weighted by atomic mass is 79.9. The molecule has 1 aliphatic heterocycles. The molecule has 1 aromatic rings. The predicted octanol–water partition coefficient (Wildman–Crippen LogP) is 3.66. The molecule has 0 aromatic heterocycles. The third kappa shape index (κ3) is 3.54. The summed E-state index contributed by atoms with van der Waals surface area (Å²) in [5.41, 5.74) is 0.693. The second kappa shape index (κ2) is 6.92. The van der Waals surface area contributed by atoms with E-state index in [4.69, 9.17) is 11.6 Å². The molecule has 0 spiro atoms. The van der Waals surface area contributed by atoms with Gasteiger partial charge in [-0.1, -0.05) is 18.5 Å². The summed E-state index contributed by atoms with van der Waals surface area (Å²) in [5.74, 6) is 0.0890. The maximum atomic E-state index is 12.5. The van der Waals surface area contributed by atoms with Crippen LogP contribution in [0.3, 0.4) is 0 Å². The smallest absolute Gasteiger partial charge is 0.253 e. The quantitative estimate of drug-likeness (QED) is 0.822. The summed E-state index contributed by atoms with van der Waals surface area (Å²) >= 11 is 9.33. The van der Waals surface area contributed by atoms with E-state index in [0.29, 0.717) is 16.6 Å². The molecule has 2 rings (SSSR count). The van der Waals surface area contributed by atoms with Crippen LogP contribution in [0.4, 0.5) is 0 Å². The maximum absolute atomic E-state index is 12.5. The number of hydrogen-bond donors (Lipinski definition) is 0. The van der Waals surface area contributed by atoms with Crippen LogP contribution in [-0.2, 0) is 0 Å². The molecule has 0 N–H and O–H groups in total. The summed E-state index contributed by atoms with van der Waals surface area (Å²) in [7, 11) is 0. The molecule has 5 heteroatoms. The van der Waals surface area contributed by atoms with Crippen molar-refractivity contribution in [2.75, 3.05) is 26.2 Å². The van der Waals surface area contributed by atoms with Crippen LogP contribution in [0, 0.1) is 0 Å². The van der Waals surface area contributed by atoms with Gasteiger partial charge in [0.15, 0.2) is 0 Å². The van der Waals surface area contributed by atoms with Gasteiger partial charge in [-0.2, -0.15) is 0 Å². The Labute approximate surface area is 134 Å². The lowest BCUT2D eigenvalue weighted by atomic mass is 10.1. The largest absolute Gasteiger partial charge is 0.336 e. The summed E-state index contributed by atoms with van der Waals surface area (Å²) in [6.45, 7) is 7.94. The Morgan fingerprint density at radius 2 is 2.00 bits per heavy atom. The molecule has 1 fully saturated rings. The van der Waals surface area contributed by atoms with Gasteiger partial charge in [0.25, 0.3) is 5.91 Å². The van der Waals surface area contributed by atoms with Crippen molar-refractivity contribution in [2.45, 2.75) is 26.3 Å². The summed E-state index contributed by atoms with van der Waals surface area (Å²) in [6.07, 6.45) is 1.15. The number of rotatable bonds is 3. The van der Waals surface area contributed by atoms with Gasteiger partial charge < -0.3 is 4.90 Å². The zero-order chi connectivity index (χ0) is 14.7. The lowest BCUT2D eigenvalue weighted by Crippen LogP contribution is -2.51. The number of benzene rings is 1. The summed E-state index contributed by atoms with van der Waals surface area (Å²) in [5, 5.41) is 0.628. The van der Waals surface area contributed by atoms with Gasteiger partial charge in [-0.05, 0) is 47.5 Å². The van der Waals surface area contributed by atoms with E-state index < -0.39 is 0 Å². The summed E-state index contributed by atoms with van der Waals surface area (Å²) < 4.78 is 0.767. The van der Waals surface area contributed by atoms with E-state index in [0.717, 1.165) is 37.1 Å². The average molecular weight is 360 g/mol. The van der Waals surface area contributed by atoms with Crippen LogP contribution in [0.25, 0.3) is 0 Å². The predicted molar refractivity (Wildman–Crippen MR) is 86.4 cm³/mol. The normalized spacial score (nSPS) is 18.1. The molecule has 1 saturated heterocycles. The van der Waals surface area contributed by atoms with Gasteiger partial charge >= 0.3 is 0 Å². The molecule has 3 nitrogen and oxygen atoms in total. The van der Waals surface area contributed by atoms with Crippen LogP contribution in [0.15, 0.2) is 22.7 Å². The molecule has 1 amide bonds. The van der Waals surface area contributed by atoms with Gasteiger partial charge in [0.2, 0.25) is 0 Å². The zero-order valence-electron chi connectivity index (χ0n) is 11.9. The van der Waals surface area contributed by atoms with Gasteiger partial charge in [-0.3, -0.25) is 9.69 Å². The Balaban J connectivity index is 1.99. The van der Waals surface area contributed by atoms with Crippen molar-refractivity contribution in [3.05, 3.63) is 33.3 Å². The van der Waals surface area contributed by atoms with Gasteiger partial charge in [-0.15, -0.1) is 0 Å². The first-order valence-corrected chi connectivity index (χ1v) is 8.18. The topological polar surface area (TPSA) is 23.6 Å². The van der Waals surface area contributed by atoms with Crippen molar-refractivity contribution in [2.24, 2.45) is 0 Å². The van der Waals surface area contributed by atoms with Crippen LogP contribution < -0.4 is 0 Å². The molecule has 0 aliphatic carbocycles. The van der Waals surface area contributed by atoms with E-state index in [2.05, 4.69) is 34.7 Å². The number of carbonyl (C=O) groups is 1. The standard InChI is InChI=1S/C15H20BrClN2O/c1-3-11(2)18-6-8-19(9-7-18)15(20)12-4-5-14(17)13(16)10-12/h4-5,10-11H,3,6-9H2,1-2H3. The monoisotopic (exact) mass is 358 g/mol. The molecule has 0 bridgehead atoms. The highest BCUT2D eigenvalue weighted by Crippen LogP contribution is 2.24. The van der Waals surface area contributed by atoms with Crippen molar-refractivity contribution < 1.29 is 4.79 Å². The lowest BCUT2D eigenvalue weighted by Gasteiger charge is -2.37. The van der Waals surface area contributed by atoms with E-state index in [9.17, 15) is 4.79 Å². The Hall–Kier alpha value is -0.580. The maximum Gasteiger partial charge on any atom is 0.253 e. The SMILES string of the molecule is CCC(C)N1CCN(C(=O)c2ccc(Cl)c(Br)c2)CC1. The number of piperazine rings is 1. The van der Waals surface area contributed by atoms with E-state index in [-0.39, 0.29) is 5.91 Å². The van der Waals surface area contributed by atoms with Crippen molar-refractivity contribution in [1.82, 2.24) is 9.80 Å². The highest BCUT2D eigenvalue weighted by molar-refractivity contribution is 9.10. The number of nitrogens with zero attached hydrogens (tertiary/aromatic N) is 2. The third-order valence-electron chi connectivity index (χ3n) is 3.98. The van der Waals surface area contributed by atoms with E-state index in [1.807, 2.05) is 4.90 Å². The second-order valence-electron chi connectivity index (χ2n) is 5.21. The van der Waals surface area contributed by atoms with Gasteiger partial charge in [-0.25, -0.2) is 0 Å². The van der Waals surface area contributed by atoms with Crippen LogP contribution in [0.5, 0.6) is 0 Å². The molecule has 1 atom stereocenters. The fraction of sp³-hybridized carbons (Fsp3) is 0.533. The molecular formula is C15H20BrClN2O. The molecule has 1 unspecified atom stereocenters. The highest BCUT2D eigenvalue weighted by Gasteiger charge is 2.24. The van der Waals surface area contributed by atoms with Crippen molar-refractivity contribution in [3.63, 3.8) is 0 Å². The Morgan fingerprint density at radius 3 is 2.55 bits per heavy atom. The van der Waals surface area contributed by atoms with E-state index in [1.54, 1.807) is 18.2 Å². The van der Waals surface area contributed by atoms with Gasteiger partial charge in [0, 0.05) is 42.3 Å². The van der Waals surface area contributed by atoms with Crippen LogP contribution in [0.2, 0.25) is 5.02 Å². The fourth-order valence-electron chi connectivity index (χ4n) is 2.44. The van der Waals surface area contributed by atoms with Gasteiger partial charge in [0.1, 0.15) is 0 Å². The molecular weight excluding hydrogens is 340 g/mol. The molecule has 20 heavy (non-hydrogen) atoms. The van der Waals surface area contributed by atoms with Crippen LogP contribution >= 0.6 is 27.5 Å². The molecule has 1 aromatic carbocycles. The Bertz CT molecular complexity index is 487. The minimum absolute atomic E-state index is 0.0890. The Morgan fingerprint density at radius 1 is 1.35 bits per heavy atom. The minimum Gasteiger partial charge on any atom is -0.336 e. The first kappa shape index (κ1) is 15.8. The first-order chi connectivity index (χ1) is 9.52. The van der Waals surface area contributed by atoms with Gasteiger partial charge in [0.05, 0.1) is 5.02 Å². The van der Waals surface area contributed by atoms with Crippen molar-refractivity contribution in [1.29, 1.82) is 0 Å². The number of amides is 1. The number of hydrogen-bond acceptors (Lipinski definition) is 2. The fourth-order valence-corrected chi connectivity index (χ4v) is 2.93. The number of halogens is 2. The van der Waals surface area contributed by atoms with E-state index >= 15 is 0 Å². The summed E-state index contributed by atoms with van der Waals surface area (Å²) in [4.78, 5) is 16.8. The van der Waals surface area contributed by atoms with E-state index in [1.165, 1.54) is 0 Å². The van der Waals surface area contributed by atoms with Crippen molar-refractivity contribution >= 4 is 33.4 Å². The molecule has 1 heterocycles. The molecule has 1 aliphatic rings. The molecule has 0 radical (unpaired) electrons. The molecule has 110 valence electrons. The van der Waals surface area contributed by atoms with Crippen LogP contribution in [0.1, 0.15) is 30.6 Å². The number of carbonyl (C=O) groups excluding carboxylic acids is 1. The second-order valence-corrected chi connectivity index (χ2v) is 6.48. The van der Waals surface area contributed by atoms with Crippen molar-refractivity contribution in [3.8, 4) is 0 Å². The van der Waals surface area contributed by atoms with Crippen LogP contribution in [-0.4, -0.2) is 47.9 Å². The average Bonchev–Trinajstić information content (AvgIpc) is 2.48.